The van der Waals surface area contributed by atoms with Crippen LogP contribution in [0.25, 0.3) is 27.6 Å². The maximum atomic E-state index is 14.6. The topological polar surface area (TPSA) is 88.6 Å². The summed E-state index contributed by atoms with van der Waals surface area (Å²) in [5, 5.41) is 11.6. The third-order valence-corrected chi connectivity index (χ3v) is 5.72. The van der Waals surface area contributed by atoms with Crippen molar-refractivity contribution in [3.05, 3.63) is 93.9 Å². The smallest absolute Gasteiger partial charge is 0.356 e. The van der Waals surface area contributed by atoms with Gasteiger partial charge in [-0.2, -0.15) is 0 Å². The van der Waals surface area contributed by atoms with Gasteiger partial charge in [-0.3, -0.25) is 9.36 Å². The Balaban J connectivity index is 1.77. The Kier molecular flexibility index (Phi) is 5.30. The van der Waals surface area contributed by atoms with E-state index in [-0.39, 0.29) is 45.6 Å². The van der Waals surface area contributed by atoms with E-state index >= 15 is 0 Å². The maximum absolute atomic E-state index is 14.6. The van der Waals surface area contributed by atoms with Crippen molar-refractivity contribution >= 4 is 50.7 Å². The van der Waals surface area contributed by atoms with Gasteiger partial charge >= 0.3 is 5.97 Å². The van der Waals surface area contributed by atoms with Gasteiger partial charge in [0, 0.05) is 31.1 Å². The number of aromatic carboxylic acids is 1. The fourth-order valence-electron chi connectivity index (χ4n) is 4.01. The molecule has 5 rings (SSSR count). The van der Waals surface area contributed by atoms with Crippen LogP contribution >= 0.6 is 11.6 Å². The normalized spacial score (nSPS) is 11.3. The molecule has 0 radical (unpaired) electrons. The molecule has 0 aliphatic rings. The molecule has 7 nitrogen and oxygen atoms in total. The van der Waals surface area contributed by atoms with Crippen molar-refractivity contribution in [2.24, 2.45) is 0 Å². The average molecular weight is 478 g/mol. The first-order valence-corrected chi connectivity index (χ1v) is 10.8. The fourth-order valence-corrected chi connectivity index (χ4v) is 4.15. The van der Waals surface area contributed by atoms with Crippen molar-refractivity contribution in [2.75, 3.05) is 11.4 Å². The minimum atomic E-state index is -1.29. The van der Waals surface area contributed by atoms with Crippen LogP contribution in [0.15, 0.2) is 76.2 Å². The summed E-state index contributed by atoms with van der Waals surface area (Å²) in [6.07, 6.45) is 3.65. The largest absolute Gasteiger partial charge is 0.476 e. The third kappa shape index (κ3) is 3.68. The van der Waals surface area contributed by atoms with Gasteiger partial charge in [-0.25, -0.2) is 14.2 Å². The number of nitrogens with zero attached hydrogens (tertiary/aromatic N) is 3. The second-order valence-electron chi connectivity index (χ2n) is 7.60. The maximum Gasteiger partial charge on any atom is 0.356 e. The van der Waals surface area contributed by atoms with Gasteiger partial charge in [0.1, 0.15) is 11.0 Å². The number of carboxylic acids is 1. The van der Waals surface area contributed by atoms with Crippen molar-refractivity contribution in [2.45, 2.75) is 6.92 Å². The van der Waals surface area contributed by atoms with E-state index in [1.807, 2.05) is 36.7 Å². The Labute approximate surface area is 197 Å². The van der Waals surface area contributed by atoms with Crippen LogP contribution in [0.4, 0.5) is 15.8 Å². The van der Waals surface area contributed by atoms with E-state index in [0.29, 0.717) is 0 Å². The van der Waals surface area contributed by atoms with Crippen molar-refractivity contribution in [3.63, 3.8) is 0 Å². The molecule has 5 aromatic rings. The molecular formula is C25H17ClFN3O4. The highest BCUT2D eigenvalue weighted by atomic mass is 35.5. The molecule has 170 valence electrons. The molecule has 0 spiro atoms. The molecule has 0 unspecified atom stereocenters. The van der Waals surface area contributed by atoms with Gasteiger partial charge in [0.25, 0.3) is 0 Å². The summed E-state index contributed by atoms with van der Waals surface area (Å²) in [5.74, 6) is -1.71. The number of hydrogen-bond acceptors (Lipinski definition) is 5. The van der Waals surface area contributed by atoms with Crippen molar-refractivity contribution in [1.82, 2.24) is 9.55 Å². The molecule has 3 heterocycles. The molecule has 3 aromatic heterocycles. The van der Waals surface area contributed by atoms with Gasteiger partial charge in [0.15, 0.2) is 16.7 Å². The lowest BCUT2D eigenvalue weighted by molar-refractivity contribution is 0.0691. The molecule has 1 N–H and O–H groups in total. The number of carboxylic acid groups (broad SMARTS) is 1. The SMILES string of the molecule is CCN(c1ccc(Cl)nc1C(=O)O)c1cc(F)cc2c(=O)cc(-n3cc4ccccc4c3)oc12. The summed E-state index contributed by atoms with van der Waals surface area (Å²) in [7, 11) is 0. The van der Waals surface area contributed by atoms with E-state index < -0.39 is 17.2 Å². The summed E-state index contributed by atoms with van der Waals surface area (Å²) in [5.41, 5.74) is -0.235. The monoisotopic (exact) mass is 477 g/mol. The fraction of sp³-hybridized carbons (Fsp3) is 0.0800. The lowest BCUT2D eigenvalue weighted by Crippen LogP contribution is -2.21. The molecular weight excluding hydrogens is 461 g/mol. The Hall–Kier alpha value is -4.17. The van der Waals surface area contributed by atoms with Crippen LogP contribution in [0.3, 0.4) is 0 Å². The van der Waals surface area contributed by atoms with Gasteiger partial charge in [0.05, 0.1) is 16.8 Å². The van der Waals surface area contributed by atoms with E-state index in [0.717, 1.165) is 16.8 Å². The van der Waals surface area contributed by atoms with Crippen LogP contribution in [-0.2, 0) is 0 Å². The Morgan fingerprint density at radius 2 is 1.82 bits per heavy atom. The third-order valence-electron chi connectivity index (χ3n) is 5.51. The number of carbonyl (C=O) groups is 1. The molecule has 0 aliphatic carbocycles. The molecule has 34 heavy (non-hydrogen) atoms. The second-order valence-corrected chi connectivity index (χ2v) is 7.98. The second kappa shape index (κ2) is 8.31. The number of rotatable bonds is 5. The molecule has 0 atom stereocenters. The zero-order chi connectivity index (χ0) is 24.0. The molecule has 0 aliphatic heterocycles. The number of fused-ring (bicyclic) bond motifs is 2. The molecule has 0 bridgehead atoms. The van der Waals surface area contributed by atoms with Crippen LogP contribution in [0.2, 0.25) is 5.15 Å². The number of aromatic nitrogens is 2. The summed E-state index contributed by atoms with van der Waals surface area (Å²) in [6, 6.07) is 14.2. The number of halogens is 2. The minimum absolute atomic E-state index is 0.00907. The average Bonchev–Trinajstić information content (AvgIpc) is 3.25. The minimum Gasteiger partial charge on any atom is -0.476 e. The highest BCUT2D eigenvalue weighted by Gasteiger charge is 2.23. The van der Waals surface area contributed by atoms with Crippen LogP contribution in [0.5, 0.6) is 0 Å². The Bertz CT molecular complexity index is 1610. The lowest BCUT2D eigenvalue weighted by atomic mass is 10.1. The highest BCUT2D eigenvalue weighted by molar-refractivity contribution is 6.29. The Morgan fingerprint density at radius 3 is 2.47 bits per heavy atom. The van der Waals surface area contributed by atoms with Crippen LogP contribution in [0.1, 0.15) is 17.4 Å². The van der Waals surface area contributed by atoms with Crippen LogP contribution < -0.4 is 10.3 Å². The van der Waals surface area contributed by atoms with Crippen LogP contribution in [0, 0.1) is 5.82 Å². The summed E-state index contributed by atoms with van der Waals surface area (Å²) in [6.45, 7) is 2.00. The Morgan fingerprint density at radius 1 is 1.12 bits per heavy atom. The quantitative estimate of drug-likeness (QED) is 0.323. The number of hydrogen-bond donors (Lipinski definition) is 1. The van der Waals surface area contributed by atoms with E-state index in [1.165, 1.54) is 29.2 Å². The van der Waals surface area contributed by atoms with E-state index in [9.17, 15) is 19.1 Å². The van der Waals surface area contributed by atoms with Gasteiger partial charge in [-0.1, -0.05) is 35.9 Å². The highest BCUT2D eigenvalue weighted by Crippen LogP contribution is 2.35. The molecule has 9 heteroatoms. The molecule has 0 fully saturated rings. The van der Waals surface area contributed by atoms with Crippen molar-refractivity contribution in [1.29, 1.82) is 0 Å². The number of pyridine rings is 1. The van der Waals surface area contributed by atoms with Gasteiger partial charge in [0.2, 0.25) is 5.88 Å². The summed E-state index contributed by atoms with van der Waals surface area (Å²) in [4.78, 5) is 30.2. The van der Waals surface area contributed by atoms with Gasteiger partial charge in [-0.05, 0) is 35.9 Å². The predicted molar refractivity (Wildman–Crippen MR) is 128 cm³/mol. The molecule has 0 amide bonds. The number of benzene rings is 2. The first-order valence-electron chi connectivity index (χ1n) is 10.4. The van der Waals surface area contributed by atoms with E-state index in [1.54, 1.807) is 11.5 Å². The first-order chi connectivity index (χ1) is 16.4. The molecule has 2 aromatic carbocycles. The van der Waals surface area contributed by atoms with Gasteiger partial charge in [-0.15, -0.1) is 0 Å². The lowest BCUT2D eigenvalue weighted by Gasteiger charge is -2.25. The summed E-state index contributed by atoms with van der Waals surface area (Å²) >= 11 is 5.90. The van der Waals surface area contributed by atoms with Gasteiger partial charge < -0.3 is 14.4 Å². The first kappa shape index (κ1) is 21.7. The van der Waals surface area contributed by atoms with Crippen LogP contribution in [-0.4, -0.2) is 27.2 Å². The molecule has 0 saturated heterocycles. The van der Waals surface area contributed by atoms with Crippen molar-refractivity contribution in [3.8, 4) is 5.88 Å². The number of anilines is 2. The van der Waals surface area contributed by atoms with Crippen molar-refractivity contribution < 1.29 is 18.7 Å². The van der Waals surface area contributed by atoms with E-state index in [4.69, 9.17) is 16.0 Å². The zero-order valence-electron chi connectivity index (χ0n) is 17.8. The molecule has 0 saturated carbocycles. The van der Waals surface area contributed by atoms with E-state index in [2.05, 4.69) is 4.98 Å². The summed E-state index contributed by atoms with van der Waals surface area (Å²) < 4.78 is 22.4. The predicted octanol–water partition coefficient (Wildman–Crippen LogP) is 5.78. The standard InChI is InChI=1S/C25H17ClFN3O4/c1-2-30(18-7-8-21(26)28-23(18)25(32)33)19-10-16(27)9-17-20(31)11-22(34-24(17)19)29-12-14-5-3-4-6-15(14)13-29/h3-13H,2H2,1H3,(H,32,33). The zero-order valence-corrected chi connectivity index (χ0v) is 18.6.